The number of amides is 1. The number of carbonyl (C=O) groups excluding carboxylic acids is 1. The van der Waals surface area contributed by atoms with E-state index in [0.29, 0.717) is 11.5 Å². The van der Waals surface area contributed by atoms with E-state index in [4.69, 9.17) is 4.42 Å². The van der Waals surface area contributed by atoms with E-state index in [9.17, 15) is 22.4 Å². The van der Waals surface area contributed by atoms with Gasteiger partial charge in [0, 0.05) is 32.2 Å². The number of rotatable bonds is 5. The van der Waals surface area contributed by atoms with Crippen LogP contribution < -0.4 is 5.56 Å². The fourth-order valence-electron chi connectivity index (χ4n) is 3.28. The van der Waals surface area contributed by atoms with Crippen molar-refractivity contribution in [3.05, 3.63) is 71.0 Å². The summed E-state index contributed by atoms with van der Waals surface area (Å²) in [6, 6.07) is 10.8. The van der Waals surface area contributed by atoms with Crippen LogP contribution in [0.2, 0.25) is 0 Å². The van der Waals surface area contributed by atoms with Crippen LogP contribution in [0.15, 0.2) is 68.9 Å². The molecule has 162 valence electrons. The molecule has 11 heteroatoms. The number of benzene rings is 1. The zero-order chi connectivity index (χ0) is 22.0. The van der Waals surface area contributed by atoms with Crippen molar-refractivity contribution < 1.29 is 22.0 Å². The van der Waals surface area contributed by atoms with E-state index >= 15 is 0 Å². The predicted molar refractivity (Wildman–Crippen MR) is 108 cm³/mol. The van der Waals surface area contributed by atoms with Crippen LogP contribution in [-0.2, 0) is 21.4 Å². The van der Waals surface area contributed by atoms with Crippen LogP contribution in [0.4, 0.5) is 4.39 Å². The van der Waals surface area contributed by atoms with Crippen molar-refractivity contribution in [2.24, 2.45) is 0 Å². The molecule has 0 bridgehead atoms. The Morgan fingerprint density at radius 1 is 1.03 bits per heavy atom. The number of furan rings is 1. The molecule has 0 saturated carbocycles. The molecule has 0 radical (unpaired) electrons. The summed E-state index contributed by atoms with van der Waals surface area (Å²) in [6.07, 6.45) is 1.48. The lowest BCUT2D eigenvalue weighted by molar-refractivity contribution is -0.133. The summed E-state index contributed by atoms with van der Waals surface area (Å²) in [7, 11) is -3.77. The Labute approximate surface area is 177 Å². The molecule has 9 nitrogen and oxygen atoms in total. The van der Waals surface area contributed by atoms with Gasteiger partial charge in [-0.3, -0.25) is 9.59 Å². The van der Waals surface area contributed by atoms with Crippen LogP contribution in [0, 0.1) is 5.82 Å². The van der Waals surface area contributed by atoms with E-state index in [1.807, 2.05) is 0 Å². The summed E-state index contributed by atoms with van der Waals surface area (Å²) in [5.74, 6) is -0.389. The molecule has 0 atom stereocenters. The lowest BCUT2D eigenvalue weighted by Gasteiger charge is -2.34. The molecule has 1 aliphatic rings. The fraction of sp³-hybridized carbons (Fsp3) is 0.250. The predicted octanol–water partition coefficient (Wildman–Crippen LogP) is 1.18. The zero-order valence-electron chi connectivity index (χ0n) is 16.3. The van der Waals surface area contributed by atoms with Crippen molar-refractivity contribution in [3.8, 4) is 11.5 Å². The van der Waals surface area contributed by atoms with E-state index in [1.54, 1.807) is 12.1 Å². The van der Waals surface area contributed by atoms with Crippen LogP contribution in [0.1, 0.15) is 0 Å². The summed E-state index contributed by atoms with van der Waals surface area (Å²) in [5, 5.41) is 4.18. The van der Waals surface area contributed by atoms with Gasteiger partial charge < -0.3 is 9.32 Å². The van der Waals surface area contributed by atoms with Crippen LogP contribution in [-0.4, -0.2) is 59.5 Å². The molecule has 0 spiro atoms. The van der Waals surface area contributed by atoms with Gasteiger partial charge >= 0.3 is 0 Å². The third-order valence-corrected chi connectivity index (χ3v) is 6.88. The first kappa shape index (κ1) is 20.9. The average Bonchev–Trinajstić information content (AvgIpc) is 3.30. The van der Waals surface area contributed by atoms with E-state index in [2.05, 4.69) is 5.10 Å². The van der Waals surface area contributed by atoms with E-state index in [1.165, 1.54) is 39.7 Å². The Bertz CT molecular complexity index is 1230. The number of carbonyl (C=O) groups is 1. The second-order valence-corrected chi connectivity index (χ2v) is 8.87. The Morgan fingerprint density at radius 2 is 1.74 bits per heavy atom. The monoisotopic (exact) mass is 446 g/mol. The highest BCUT2D eigenvalue weighted by molar-refractivity contribution is 7.89. The normalized spacial score (nSPS) is 15.2. The van der Waals surface area contributed by atoms with Gasteiger partial charge in [-0.25, -0.2) is 17.5 Å². The molecule has 1 aromatic carbocycles. The average molecular weight is 446 g/mol. The molecule has 3 aromatic rings. The van der Waals surface area contributed by atoms with Gasteiger partial charge in [-0.1, -0.05) is 0 Å². The van der Waals surface area contributed by atoms with E-state index < -0.39 is 21.4 Å². The molecular formula is C20H19FN4O5S. The first-order valence-electron chi connectivity index (χ1n) is 9.50. The minimum Gasteiger partial charge on any atom is -0.463 e. The van der Waals surface area contributed by atoms with Crippen LogP contribution in [0.5, 0.6) is 0 Å². The number of hydrogen-bond donors (Lipinski definition) is 0. The third-order valence-electron chi connectivity index (χ3n) is 4.97. The molecular weight excluding hydrogens is 427 g/mol. The van der Waals surface area contributed by atoms with Crippen LogP contribution >= 0.6 is 0 Å². The molecule has 0 aliphatic carbocycles. The maximum atomic E-state index is 13.1. The summed E-state index contributed by atoms with van der Waals surface area (Å²) < 4.78 is 46.1. The van der Waals surface area contributed by atoms with Crippen molar-refractivity contribution in [1.29, 1.82) is 0 Å². The largest absolute Gasteiger partial charge is 0.463 e. The molecule has 1 saturated heterocycles. The minimum absolute atomic E-state index is 0.000769. The summed E-state index contributed by atoms with van der Waals surface area (Å²) >= 11 is 0. The van der Waals surface area contributed by atoms with Gasteiger partial charge in [-0.15, -0.1) is 0 Å². The Hall–Kier alpha value is -3.31. The maximum Gasteiger partial charge on any atom is 0.267 e. The number of sulfonamides is 1. The van der Waals surface area contributed by atoms with Crippen molar-refractivity contribution >= 4 is 15.9 Å². The molecule has 1 fully saturated rings. The molecule has 1 amide bonds. The SMILES string of the molecule is O=C(Cn1nc(-c2ccco2)ccc1=O)N1CCN(S(=O)(=O)c2ccc(F)cc2)CC1. The Morgan fingerprint density at radius 3 is 2.39 bits per heavy atom. The van der Waals surface area contributed by atoms with Crippen molar-refractivity contribution in [1.82, 2.24) is 19.0 Å². The summed E-state index contributed by atoms with van der Waals surface area (Å²) in [5.41, 5.74) is -0.00575. The fourth-order valence-corrected chi connectivity index (χ4v) is 4.70. The minimum atomic E-state index is -3.77. The highest BCUT2D eigenvalue weighted by atomic mass is 32.2. The highest BCUT2D eigenvalue weighted by Crippen LogP contribution is 2.18. The lowest BCUT2D eigenvalue weighted by atomic mass is 10.3. The van der Waals surface area contributed by atoms with E-state index in [-0.39, 0.29) is 43.5 Å². The van der Waals surface area contributed by atoms with Crippen molar-refractivity contribution in [3.63, 3.8) is 0 Å². The quantitative estimate of drug-likeness (QED) is 0.583. The van der Waals surface area contributed by atoms with Gasteiger partial charge in [0.1, 0.15) is 18.1 Å². The van der Waals surface area contributed by atoms with Crippen LogP contribution in [0.3, 0.4) is 0 Å². The Balaban J connectivity index is 1.41. The Kier molecular flexibility index (Phi) is 5.70. The topological polar surface area (TPSA) is 106 Å². The number of piperazine rings is 1. The van der Waals surface area contributed by atoms with E-state index in [0.717, 1.165) is 16.8 Å². The molecule has 1 aliphatic heterocycles. The third kappa shape index (κ3) is 4.42. The van der Waals surface area contributed by atoms with Gasteiger partial charge in [-0.05, 0) is 42.5 Å². The van der Waals surface area contributed by atoms with Crippen LogP contribution in [0.25, 0.3) is 11.5 Å². The zero-order valence-corrected chi connectivity index (χ0v) is 17.2. The van der Waals surface area contributed by atoms with Gasteiger partial charge in [0.2, 0.25) is 15.9 Å². The number of halogens is 1. The molecule has 0 unspecified atom stereocenters. The maximum absolute atomic E-state index is 13.1. The smallest absolute Gasteiger partial charge is 0.267 e. The van der Waals surface area contributed by atoms with Gasteiger partial charge in [0.15, 0.2) is 5.76 Å². The highest BCUT2D eigenvalue weighted by Gasteiger charge is 2.30. The molecule has 3 heterocycles. The molecule has 2 aromatic heterocycles. The standard InChI is InChI=1S/C20H19FN4O5S/c21-15-3-5-16(6-4-15)31(28,29)24-11-9-23(10-12-24)20(27)14-25-19(26)8-7-17(22-25)18-2-1-13-30-18/h1-8,13H,9-12,14H2. The van der Waals surface area contributed by atoms with Gasteiger partial charge in [-0.2, -0.15) is 9.40 Å². The van der Waals surface area contributed by atoms with Crippen molar-refractivity contribution in [2.75, 3.05) is 26.2 Å². The van der Waals surface area contributed by atoms with Crippen molar-refractivity contribution in [2.45, 2.75) is 11.4 Å². The number of nitrogens with zero attached hydrogens (tertiary/aromatic N) is 4. The molecule has 4 rings (SSSR count). The first-order chi connectivity index (χ1) is 14.8. The number of aromatic nitrogens is 2. The first-order valence-corrected chi connectivity index (χ1v) is 10.9. The second-order valence-electron chi connectivity index (χ2n) is 6.93. The van der Waals surface area contributed by atoms with Gasteiger partial charge in [0.05, 0.1) is 11.2 Å². The summed E-state index contributed by atoms with van der Waals surface area (Å²) in [4.78, 5) is 26.3. The molecule has 31 heavy (non-hydrogen) atoms. The molecule has 0 N–H and O–H groups in total. The summed E-state index contributed by atoms with van der Waals surface area (Å²) in [6.45, 7) is 0.274. The second kappa shape index (κ2) is 8.44. The van der Waals surface area contributed by atoms with Gasteiger partial charge in [0.25, 0.3) is 5.56 Å². The lowest BCUT2D eigenvalue weighted by Crippen LogP contribution is -2.51. The number of hydrogen-bond acceptors (Lipinski definition) is 6.